The maximum Gasteiger partial charge on any atom is 0.146 e. The predicted molar refractivity (Wildman–Crippen MR) is 59.1 cm³/mol. The SMILES string of the molecule is C#CCN(C)c1c(F)cccc1C(C)O. The second kappa shape index (κ2) is 4.81. The molecule has 0 radical (unpaired) electrons. The van der Waals surface area contributed by atoms with Gasteiger partial charge in [0.05, 0.1) is 18.3 Å². The molecular weight excluding hydrogens is 193 g/mol. The van der Waals surface area contributed by atoms with Crippen molar-refractivity contribution in [3.8, 4) is 12.3 Å². The van der Waals surface area contributed by atoms with Gasteiger partial charge in [0, 0.05) is 12.6 Å². The minimum Gasteiger partial charge on any atom is -0.389 e. The van der Waals surface area contributed by atoms with Crippen LogP contribution in [-0.2, 0) is 0 Å². The predicted octanol–water partition coefficient (Wildman–Crippen LogP) is 1.95. The molecule has 0 aliphatic carbocycles. The summed E-state index contributed by atoms with van der Waals surface area (Å²) in [4.78, 5) is 1.61. The lowest BCUT2D eigenvalue weighted by molar-refractivity contribution is 0.199. The fraction of sp³-hybridized carbons (Fsp3) is 0.333. The largest absolute Gasteiger partial charge is 0.389 e. The van der Waals surface area contributed by atoms with Gasteiger partial charge in [-0.3, -0.25) is 0 Å². The number of hydrogen-bond acceptors (Lipinski definition) is 2. The van der Waals surface area contributed by atoms with Gasteiger partial charge in [0.1, 0.15) is 5.82 Å². The van der Waals surface area contributed by atoms with E-state index >= 15 is 0 Å². The molecule has 0 saturated carbocycles. The first-order valence-electron chi connectivity index (χ1n) is 4.69. The van der Waals surface area contributed by atoms with Crippen molar-refractivity contribution in [3.05, 3.63) is 29.6 Å². The molecule has 80 valence electrons. The highest BCUT2D eigenvalue weighted by Crippen LogP contribution is 2.28. The van der Waals surface area contributed by atoms with E-state index in [9.17, 15) is 9.50 Å². The minimum absolute atomic E-state index is 0.306. The summed E-state index contributed by atoms with van der Waals surface area (Å²) in [6.07, 6.45) is 4.45. The second-order valence-corrected chi connectivity index (χ2v) is 3.41. The zero-order valence-electron chi connectivity index (χ0n) is 8.87. The van der Waals surface area contributed by atoms with Crippen molar-refractivity contribution in [2.24, 2.45) is 0 Å². The minimum atomic E-state index is -0.712. The number of aliphatic hydroxyl groups excluding tert-OH is 1. The maximum atomic E-state index is 13.6. The van der Waals surface area contributed by atoms with Gasteiger partial charge in [-0.05, 0) is 13.0 Å². The Kier molecular flexibility index (Phi) is 3.70. The van der Waals surface area contributed by atoms with E-state index in [-0.39, 0.29) is 5.82 Å². The molecule has 0 aliphatic heterocycles. The van der Waals surface area contributed by atoms with Gasteiger partial charge in [0.25, 0.3) is 0 Å². The zero-order chi connectivity index (χ0) is 11.4. The van der Waals surface area contributed by atoms with Gasteiger partial charge in [-0.2, -0.15) is 0 Å². The topological polar surface area (TPSA) is 23.5 Å². The van der Waals surface area contributed by atoms with Gasteiger partial charge in [-0.1, -0.05) is 18.1 Å². The normalized spacial score (nSPS) is 11.9. The molecule has 1 atom stereocenters. The van der Waals surface area contributed by atoms with Gasteiger partial charge >= 0.3 is 0 Å². The Morgan fingerprint density at radius 1 is 1.60 bits per heavy atom. The molecule has 1 unspecified atom stereocenters. The van der Waals surface area contributed by atoms with Crippen molar-refractivity contribution in [3.63, 3.8) is 0 Å². The molecule has 0 fully saturated rings. The molecule has 0 aliphatic rings. The van der Waals surface area contributed by atoms with Crippen LogP contribution in [0, 0.1) is 18.2 Å². The summed E-state index contributed by atoms with van der Waals surface area (Å²) in [5.41, 5.74) is 0.915. The fourth-order valence-electron chi connectivity index (χ4n) is 1.49. The molecule has 1 aromatic carbocycles. The highest BCUT2D eigenvalue weighted by Gasteiger charge is 2.15. The summed E-state index contributed by atoms with van der Waals surface area (Å²) in [5, 5.41) is 9.50. The van der Waals surface area contributed by atoms with Crippen LogP contribution in [0.25, 0.3) is 0 Å². The van der Waals surface area contributed by atoms with E-state index in [1.165, 1.54) is 6.07 Å². The molecular formula is C12H14FNO. The van der Waals surface area contributed by atoms with Gasteiger partial charge < -0.3 is 10.0 Å². The van der Waals surface area contributed by atoms with Crippen LogP contribution in [0.4, 0.5) is 10.1 Å². The van der Waals surface area contributed by atoms with Crippen molar-refractivity contribution in [1.82, 2.24) is 0 Å². The van der Waals surface area contributed by atoms with Crippen LogP contribution in [0.3, 0.4) is 0 Å². The van der Waals surface area contributed by atoms with Crippen molar-refractivity contribution in [1.29, 1.82) is 0 Å². The highest BCUT2D eigenvalue weighted by molar-refractivity contribution is 5.55. The van der Waals surface area contributed by atoms with Crippen LogP contribution in [-0.4, -0.2) is 18.7 Å². The Hall–Kier alpha value is -1.53. The van der Waals surface area contributed by atoms with E-state index in [4.69, 9.17) is 6.42 Å². The molecule has 1 rings (SSSR count). The Labute approximate surface area is 89.3 Å². The average Bonchev–Trinajstić information content (AvgIpc) is 2.17. The van der Waals surface area contributed by atoms with Crippen molar-refractivity contribution >= 4 is 5.69 Å². The average molecular weight is 207 g/mol. The van der Waals surface area contributed by atoms with Crippen LogP contribution in [0.5, 0.6) is 0 Å². The van der Waals surface area contributed by atoms with Crippen LogP contribution in [0.1, 0.15) is 18.6 Å². The van der Waals surface area contributed by atoms with E-state index in [0.29, 0.717) is 17.8 Å². The number of halogens is 1. The number of aliphatic hydroxyl groups is 1. The van der Waals surface area contributed by atoms with Gasteiger partial charge in [0.15, 0.2) is 0 Å². The standard InChI is InChI=1S/C12H14FNO/c1-4-8-14(3)12-10(9(2)15)6-5-7-11(12)13/h1,5-7,9,15H,8H2,2-3H3. The van der Waals surface area contributed by atoms with Gasteiger partial charge in [-0.25, -0.2) is 4.39 Å². The molecule has 1 aromatic rings. The Balaban J connectivity index is 3.19. The summed E-state index contributed by atoms with van der Waals surface area (Å²) in [7, 11) is 1.70. The van der Waals surface area contributed by atoms with E-state index in [2.05, 4.69) is 5.92 Å². The number of rotatable bonds is 3. The number of nitrogens with zero attached hydrogens (tertiary/aromatic N) is 1. The first-order valence-corrected chi connectivity index (χ1v) is 4.69. The summed E-state index contributed by atoms with van der Waals surface area (Å²) >= 11 is 0. The van der Waals surface area contributed by atoms with E-state index in [1.54, 1.807) is 31.0 Å². The lowest BCUT2D eigenvalue weighted by Crippen LogP contribution is -2.20. The molecule has 15 heavy (non-hydrogen) atoms. The lowest BCUT2D eigenvalue weighted by atomic mass is 10.1. The van der Waals surface area contributed by atoms with Crippen molar-refractivity contribution < 1.29 is 9.50 Å². The van der Waals surface area contributed by atoms with Crippen molar-refractivity contribution in [2.45, 2.75) is 13.0 Å². The van der Waals surface area contributed by atoms with Crippen LogP contribution in [0.2, 0.25) is 0 Å². The number of benzene rings is 1. The molecule has 0 amide bonds. The zero-order valence-corrected chi connectivity index (χ0v) is 8.87. The smallest absolute Gasteiger partial charge is 0.146 e. The maximum absolute atomic E-state index is 13.6. The molecule has 3 heteroatoms. The van der Waals surface area contributed by atoms with E-state index in [0.717, 1.165) is 0 Å². The summed E-state index contributed by atoms with van der Waals surface area (Å²) < 4.78 is 13.6. The molecule has 1 N–H and O–H groups in total. The summed E-state index contributed by atoms with van der Waals surface area (Å²) in [6.45, 7) is 1.91. The third-order valence-corrected chi connectivity index (χ3v) is 2.18. The second-order valence-electron chi connectivity index (χ2n) is 3.41. The van der Waals surface area contributed by atoms with Crippen LogP contribution >= 0.6 is 0 Å². The molecule has 0 bridgehead atoms. The van der Waals surface area contributed by atoms with Crippen LogP contribution in [0.15, 0.2) is 18.2 Å². The Morgan fingerprint density at radius 3 is 2.80 bits per heavy atom. The lowest BCUT2D eigenvalue weighted by Gasteiger charge is -2.22. The first-order chi connectivity index (χ1) is 7.07. The molecule has 0 aromatic heterocycles. The summed E-state index contributed by atoms with van der Waals surface area (Å²) in [5.74, 6) is 2.07. The third kappa shape index (κ3) is 2.48. The molecule has 0 heterocycles. The quantitative estimate of drug-likeness (QED) is 0.766. The third-order valence-electron chi connectivity index (χ3n) is 2.18. The molecule has 0 spiro atoms. The number of anilines is 1. The van der Waals surface area contributed by atoms with Gasteiger partial charge in [-0.15, -0.1) is 6.42 Å². The monoisotopic (exact) mass is 207 g/mol. The molecule has 2 nitrogen and oxygen atoms in total. The van der Waals surface area contributed by atoms with Crippen LogP contribution < -0.4 is 4.90 Å². The van der Waals surface area contributed by atoms with E-state index in [1.807, 2.05) is 0 Å². The number of hydrogen-bond donors (Lipinski definition) is 1. The summed E-state index contributed by atoms with van der Waals surface area (Å²) in [6, 6.07) is 4.62. The highest BCUT2D eigenvalue weighted by atomic mass is 19.1. The number of para-hydroxylation sites is 1. The Morgan fingerprint density at radius 2 is 2.27 bits per heavy atom. The van der Waals surface area contributed by atoms with E-state index < -0.39 is 6.10 Å². The first kappa shape index (κ1) is 11.5. The molecule has 0 saturated heterocycles. The van der Waals surface area contributed by atoms with Gasteiger partial charge in [0.2, 0.25) is 0 Å². The Bertz CT molecular complexity index is 382. The van der Waals surface area contributed by atoms with Crippen molar-refractivity contribution in [2.75, 3.05) is 18.5 Å². The fourth-order valence-corrected chi connectivity index (χ4v) is 1.49. The number of terminal acetylenes is 1.